The Labute approximate surface area is 195 Å². The lowest BCUT2D eigenvalue weighted by Crippen LogP contribution is -2.09. The Morgan fingerprint density at radius 2 is 1.42 bits per heavy atom. The van der Waals surface area contributed by atoms with E-state index in [1.807, 2.05) is 6.07 Å². The Kier molecular flexibility index (Phi) is 5.69. The van der Waals surface area contributed by atoms with E-state index in [4.69, 9.17) is 18.9 Å². The van der Waals surface area contributed by atoms with Gasteiger partial charge >= 0.3 is 0 Å². The van der Waals surface area contributed by atoms with Crippen LogP contribution in [0.2, 0.25) is 0 Å². The molecule has 33 heavy (non-hydrogen) atoms. The molecule has 0 fully saturated rings. The molecule has 0 N–H and O–H groups in total. The third kappa shape index (κ3) is 4.32. The third-order valence-electron chi connectivity index (χ3n) is 7.14. The molecule has 3 aromatic rings. The van der Waals surface area contributed by atoms with E-state index in [2.05, 4.69) is 54.6 Å². The zero-order chi connectivity index (χ0) is 22.0. The second kappa shape index (κ2) is 9.11. The van der Waals surface area contributed by atoms with Crippen molar-refractivity contribution in [2.45, 2.75) is 50.7 Å². The molecule has 4 heteroatoms. The van der Waals surface area contributed by atoms with Gasteiger partial charge in [0.25, 0.3) is 0 Å². The molecule has 0 saturated carbocycles. The van der Waals surface area contributed by atoms with Gasteiger partial charge in [-0.2, -0.15) is 0 Å². The molecule has 3 aromatic carbocycles. The van der Waals surface area contributed by atoms with Gasteiger partial charge in [0.2, 0.25) is 0 Å². The largest absolute Gasteiger partial charge is 0.493 e. The quantitative estimate of drug-likeness (QED) is 0.476. The summed E-state index contributed by atoms with van der Waals surface area (Å²) in [5, 5.41) is 0. The molecule has 0 bridgehead atoms. The van der Waals surface area contributed by atoms with Gasteiger partial charge in [0.1, 0.15) is 5.75 Å². The average Bonchev–Trinajstić information content (AvgIpc) is 3.31. The van der Waals surface area contributed by atoms with E-state index < -0.39 is 0 Å². The fourth-order valence-corrected chi connectivity index (χ4v) is 5.20. The molecule has 3 aliphatic rings. The van der Waals surface area contributed by atoms with E-state index in [1.54, 1.807) is 0 Å². The summed E-state index contributed by atoms with van der Waals surface area (Å²) in [6.45, 7) is 2.79. The van der Waals surface area contributed by atoms with Crippen molar-refractivity contribution in [1.82, 2.24) is 0 Å². The van der Waals surface area contributed by atoms with Crippen LogP contribution in [-0.2, 0) is 24.2 Å². The minimum Gasteiger partial charge on any atom is -0.493 e. The lowest BCUT2D eigenvalue weighted by molar-refractivity contribution is 0.0398. The van der Waals surface area contributed by atoms with E-state index in [0.29, 0.717) is 32.3 Å². The highest BCUT2D eigenvalue weighted by Gasteiger charge is 2.23. The molecule has 4 nitrogen and oxygen atoms in total. The minimum absolute atomic E-state index is 0.128. The van der Waals surface area contributed by atoms with E-state index in [1.165, 1.54) is 27.8 Å². The standard InChI is InChI=1S/C29H30O4/c1-2-5-24-18-32-26(11-8-20(24)4-1)23-10-12-27-22(16-23)6-7-25(19-33-27)21-9-13-28-29(17-21)31-15-3-14-30-28/h1-2,4-5,9-10,12-13,16-17,25-26H,3,6-8,11,14-15,18-19H2. The molecule has 3 aliphatic heterocycles. The first-order valence-corrected chi connectivity index (χ1v) is 12.2. The number of hydrogen-bond acceptors (Lipinski definition) is 4. The van der Waals surface area contributed by atoms with Crippen molar-refractivity contribution in [3.05, 3.63) is 88.5 Å². The van der Waals surface area contributed by atoms with Gasteiger partial charge in [-0.15, -0.1) is 0 Å². The summed E-state index contributed by atoms with van der Waals surface area (Å²) >= 11 is 0. The van der Waals surface area contributed by atoms with Crippen LogP contribution < -0.4 is 14.2 Å². The third-order valence-corrected chi connectivity index (χ3v) is 7.14. The Balaban J connectivity index is 1.17. The summed E-state index contributed by atoms with van der Waals surface area (Å²) in [6.07, 6.45) is 5.16. The van der Waals surface area contributed by atoms with Gasteiger partial charge in [-0.1, -0.05) is 36.4 Å². The molecule has 0 amide bonds. The fourth-order valence-electron chi connectivity index (χ4n) is 5.20. The van der Waals surface area contributed by atoms with Gasteiger partial charge in [0, 0.05) is 12.3 Å². The van der Waals surface area contributed by atoms with Gasteiger partial charge in [0.05, 0.1) is 32.5 Å². The smallest absolute Gasteiger partial charge is 0.161 e. The van der Waals surface area contributed by atoms with Gasteiger partial charge in [-0.3, -0.25) is 0 Å². The SMILES string of the molecule is c1ccc2c(c1)CCC(c1ccc3c(c1)CCC(c1ccc4c(c1)OCCCO4)CO3)OC2. The molecule has 6 rings (SSSR count). The van der Waals surface area contributed by atoms with Crippen molar-refractivity contribution < 1.29 is 18.9 Å². The van der Waals surface area contributed by atoms with Crippen molar-refractivity contribution in [3.63, 3.8) is 0 Å². The molecule has 0 radical (unpaired) electrons. The lowest BCUT2D eigenvalue weighted by atomic mass is 9.92. The Hall–Kier alpha value is -2.98. The van der Waals surface area contributed by atoms with E-state index in [0.717, 1.165) is 49.4 Å². The molecule has 0 saturated heterocycles. The molecule has 2 atom stereocenters. The summed E-state index contributed by atoms with van der Waals surface area (Å²) in [7, 11) is 0. The first-order chi connectivity index (χ1) is 16.3. The van der Waals surface area contributed by atoms with Gasteiger partial charge in [-0.25, -0.2) is 0 Å². The van der Waals surface area contributed by atoms with E-state index in [-0.39, 0.29) is 6.10 Å². The number of aryl methyl sites for hydroxylation is 2. The molecule has 0 aromatic heterocycles. The number of ether oxygens (including phenoxy) is 4. The maximum atomic E-state index is 6.32. The van der Waals surface area contributed by atoms with Crippen molar-refractivity contribution in [3.8, 4) is 17.2 Å². The van der Waals surface area contributed by atoms with Crippen molar-refractivity contribution in [2.75, 3.05) is 19.8 Å². The van der Waals surface area contributed by atoms with Crippen LogP contribution in [-0.4, -0.2) is 19.8 Å². The first-order valence-electron chi connectivity index (χ1n) is 12.2. The predicted octanol–water partition coefficient (Wildman–Crippen LogP) is 6.16. The molecule has 0 spiro atoms. The molecular formula is C29H30O4. The summed E-state index contributed by atoms with van der Waals surface area (Å²) in [4.78, 5) is 0. The molecule has 0 aliphatic carbocycles. The van der Waals surface area contributed by atoms with Crippen LogP contribution in [0.25, 0.3) is 0 Å². The Bertz CT molecular complexity index is 1110. The summed E-state index contributed by atoms with van der Waals surface area (Å²) in [5.74, 6) is 3.05. The predicted molar refractivity (Wildman–Crippen MR) is 127 cm³/mol. The van der Waals surface area contributed by atoms with Crippen molar-refractivity contribution in [2.24, 2.45) is 0 Å². The fraction of sp³-hybridized carbons (Fsp3) is 0.379. The summed E-state index contributed by atoms with van der Waals surface area (Å²) in [5.41, 5.74) is 6.54. The molecular weight excluding hydrogens is 412 g/mol. The Morgan fingerprint density at radius 1 is 0.636 bits per heavy atom. The number of fused-ring (bicyclic) bond motifs is 3. The highest BCUT2D eigenvalue weighted by molar-refractivity contribution is 5.45. The van der Waals surface area contributed by atoms with E-state index >= 15 is 0 Å². The monoisotopic (exact) mass is 442 g/mol. The lowest BCUT2D eigenvalue weighted by Gasteiger charge is -2.17. The highest BCUT2D eigenvalue weighted by Crippen LogP contribution is 2.38. The van der Waals surface area contributed by atoms with Crippen LogP contribution in [0.5, 0.6) is 17.2 Å². The van der Waals surface area contributed by atoms with Gasteiger partial charge in [0.15, 0.2) is 11.5 Å². The minimum atomic E-state index is 0.128. The van der Waals surface area contributed by atoms with Crippen LogP contribution in [0, 0.1) is 0 Å². The number of benzene rings is 3. The van der Waals surface area contributed by atoms with Gasteiger partial charge < -0.3 is 18.9 Å². The van der Waals surface area contributed by atoms with Gasteiger partial charge in [-0.05, 0) is 77.8 Å². The molecule has 3 heterocycles. The maximum absolute atomic E-state index is 6.32. The molecule has 2 unspecified atom stereocenters. The summed E-state index contributed by atoms with van der Waals surface area (Å²) < 4.78 is 24.3. The zero-order valence-corrected chi connectivity index (χ0v) is 18.9. The average molecular weight is 443 g/mol. The van der Waals surface area contributed by atoms with Crippen molar-refractivity contribution >= 4 is 0 Å². The number of hydrogen-bond donors (Lipinski definition) is 0. The highest BCUT2D eigenvalue weighted by atomic mass is 16.5. The Morgan fingerprint density at radius 3 is 2.36 bits per heavy atom. The second-order valence-electron chi connectivity index (χ2n) is 9.28. The van der Waals surface area contributed by atoms with E-state index in [9.17, 15) is 0 Å². The van der Waals surface area contributed by atoms with Crippen LogP contribution >= 0.6 is 0 Å². The number of rotatable bonds is 2. The topological polar surface area (TPSA) is 36.9 Å². The zero-order valence-electron chi connectivity index (χ0n) is 18.9. The normalized spacial score (nSPS) is 22.1. The van der Waals surface area contributed by atoms with Crippen LogP contribution in [0.3, 0.4) is 0 Å². The summed E-state index contributed by atoms with van der Waals surface area (Å²) in [6, 6.07) is 21.6. The maximum Gasteiger partial charge on any atom is 0.161 e. The van der Waals surface area contributed by atoms with Crippen LogP contribution in [0.1, 0.15) is 59.1 Å². The van der Waals surface area contributed by atoms with Crippen molar-refractivity contribution in [1.29, 1.82) is 0 Å². The first kappa shape index (κ1) is 20.6. The van der Waals surface area contributed by atoms with Crippen LogP contribution in [0.4, 0.5) is 0 Å². The van der Waals surface area contributed by atoms with Crippen LogP contribution in [0.15, 0.2) is 60.7 Å². The second-order valence-corrected chi connectivity index (χ2v) is 9.28. The molecule has 170 valence electrons.